The van der Waals surface area contributed by atoms with Crippen LogP contribution in [0.4, 0.5) is 0 Å². The van der Waals surface area contributed by atoms with Gasteiger partial charge in [0.1, 0.15) is 6.61 Å². The van der Waals surface area contributed by atoms with Crippen molar-refractivity contribution in [2.24, 2.45) is 5.92 Å². The van der Waals surface area contributed by atoms with Gasteiger partial charge in [0, 0.05) is 18.4 Å². The molecule has 0 aliphatic rings. The lowest BCUT2D eigenvalue weighted by Gasteiger charge is -2.17. The van der Waals surface area contributed by atoms with Gasteiger partial charge in [-0.2, -0.15) is 0 Å². The minimum absolute atomic E-state index is 0.283. The molecule has 156 valence electrons. The van der Waals surface area contributed by atoms with Gasteiger partial charge >= 0.3 is 0 Å². The third kappa shape index (κ3) is 18.9. The average Bonchev–Trinajstić information content (AvgIpc) is 2.64. The van der Waals surface area contributed by atoms with E-state index in [1.807, 2.05) is 0 Å². The van der Waals surface area contributed by atoms with Crippen molar-refractivity contribution in [2.75, 3.05) is 18.5 Å². The zero-order chi connectivity index (χ0) is 19.3. The maximum absolute atomic E-state index is 11.9. The highest BCUT2D eigenvalue weighted by Crippen LogP contribution is 2.21. The highest BCUT2D eigenvalue weighted by Gasteiger charge is 2.09. The maximum atomic E-state index is 11.9. The maximum Gasteiger partial charge on any atom is 0.158 e. The Labute approximate surface area is 172 Å². The highest BCUT2D eigenvalue weighted by atomic mass is 79.9. The molecule has 0 aliphatic carbocycles. The lowest BCUT2D eigenvalue weighted by Crippen LogP contribution is -2.12. The number of carbonyl (C=O) groups is 1. The van der Waals surface area contributed by atoms with E-state index >= 15 is 0 Å². The van der Waals surface area contributed by atoms with Crippen LogP contribution in [-0.4, -0.2) is 24.3 Å². The minimum atomic E-state index is 0.283. The molecule has 3 heteroatoms. The van der Waals surface area contributed by atoms with E-state index in [0.717, 1.165) is 37.1 Å². The number of hydrogen-bond donors (Lipinski definition) is 0. The van der Waals surface area contributed by atoms with Crippen LogP contribution in [0.5, 0.6) is 0 Å². The Morgan fingerprint density at radius 2 is 1.35 bits per heavy atom. The van der Waals surface area contributed by atoms with Crippen molar-refractivity contribution in [3.05, 3.63) is 0 Å². The Bertz CT molecular complexity index is 294. The molecule has 0 rings (SSSR count). The zero-order valence-electron chi connectivity index (χ0n) is 17.7. The molecular formula is C23H45BrO2. The number of ketones is 1. The first kappa shape index (κ1) is 26.1. The summed E-state index contributed by atoms with van der Waals surface area (Å²) in [6.07, 6.45) is 19.9. The summed E-state index contributed by atoms with van der Waals surface area (Å²) in [6.45, 7) is 5.64. The summed E-state index contributed by atoms with van der Waals surface area (Å²) in [7, 11) is 0. The van der Waals surface area contributed by atoms with Crippen molar-refractivity contribution < 1.29 is 9.53 Å². The molecule has 0 radical (unpaired) electrons. The number of carbonyl (C=O) groups excluding carboxylic acids is 1. The second-order valence-electron chi connectivity index (χ2n) is 7.80. The van der Waals surface area contributed by atoms with Gasteiger partial charge in [-0.25, -0.2) is 0 Å². The summed E-state index contributed by atoms with van der Waals surface area (Å²) >= 11 is 3.44. The molecule has 0 bridgehead atoms. The van der Waals surface area contributed by atoms with E-state index in [9.17, 15) is 4.79 Å². The minimum Gasteiger partial charge on any atom is -0.374 e. The van der Waals surface area contributed by atoms with Gasteiger partial charge in [-0.3, -0.25) is 4.79 Å². The first-order chi connectivity index (χ1) is 12.7. The van der Waals surface area contributed by atoms with Crippen LogP contribution in [0.3, 0.4) is 0 Å². The highest BCUT2D eigenvalue weighted by molar-refractivity contribution is 9.09. The van der Waals surface area contributed by atoms with Crippen molar-refractivity contribution in [3.63, 3.8) is 0 Å². The van der Waals surface area contributed by atoms with Gasteiger partial charge in [0.05, 0.1) is 0 Å². The van der Waals surface area contributed by atoms with Crippen LogP contribution in [0.15, 0.2) is 0 Å². The largest absolute Gasteiger partial charge is 0.374 e. The first-order valence-corrected chi connectivity index (χ1v) is 12.5. The molecule has 0 spiro atoms. The van der Waals surface area contributed by atoms with Crippen LogP contribution in [0.1, 0.15) is 117 Å². The third-order valence-corrected chi connectivity index (χ3v) is 5.77. The molecule has 0 fully saturated rings. The van der Waals surface area contributed by atoms with Crippen LogP contribution >= 0.6 is 15.9 Å². The van der Waals surface area contributed by atoms with E-state index < -0.39 is 0 Å². The Balaban J connectivity index is 3.76. The van der Waals surface area contributed by atoms with Crippen molar-refractivity contribution in [1.29, 1.82) is 0 Å². The van der Waals surface area contributed by atoms with Gasteiger partial charge in [0.15, 0.2) is 5.78 Å². The normalized spacial score (nSPS) is 12.4. The van der Waals surface area contributed by atoms with Gasteiger partial charge in [0.2, 0.25) is 0 Å². The van der Waals surface area contributed by atoms with E-state index in [2.05, 4.69) is 29.8 Å². The fourth-order valence-electron chi connectivity index (χ4n) is 3.43. The number of alkyl halides is 1. The quantitative estimate of drug-likeness (QED) is 0.136. The predicted molar refractivity (Wildman–Crippen MR) is 118 cm³/mol. The Morgan fingerprint density at radius 1 is 0.769 bits per heavy atom. The fraction of sp³-hybridized carbons (Fsp3) is 0.957. The van der Waals surface area contributed by atoms with Gasteiger partial charge in [0.25, 0.3) is 0 Å². The van der Waals surface area contributed by atoms with Gasteiger partial charge < -0.3 is 4.74 Å². The van der Waals surface area contributed by atoms with Crippen molar-refractivity contribution in [2.45, 2.75) is 117 Å². The van der Waals surface area contributed by atoms with E-state index in [-0.39, 0.29) is 5.78 Å². The summed E-state index contributed by atoms with van der Waals surface area (Å²) < 4.78 is 5.70. The van der Waals surface area contributed by atoms with E-state index in [1.165, 1.54) is 77.0 Å². The molecule has 0 aliphatic heterocycles. The number of unbranched alkanes of at least 4 members (excludes halogenated alkanes) is 9. The monoisotopic (exact) mass is 432 g/mol. The molecule has 0 aromatic rings. The van der Waals surface area contributed by atoms with Crippen molar-refractivity contribution in [3.8, 4) is 0 Å². The first-order valence-electron chi connectivity index (χ1n) is 11.4. The fourth-order valence-corrected chi connectivity index (χ4v) is 3.83. The molecule has 26 heavy (non-hydrogen) atoms. The molecule has 0 saturated heterocycles. The lowest BCUT2D eigenvalue weighted by molar-refractivity contribution is -0.123. The average molecular weight is 434 g/mol. The van der Waals surface area contributed by atoms with E-state index in [4.69, 9.17) is 4.74 Å². The van der Waals surface area contributed by atoms with E-state index in [1.54, 1.807) is 0 Å². The summed E-state index contributed by atoms with van der Waals surface area (Å²) in [6, 6.07) is 0. The molecule has 1 atom stereocenters. The van der Waals surface area contributed by atoms with Crippen LogP contribution < -0.4 is 0 Å². The molecule has 0 amide bonds. The Morgan fingerprint density at radius 3 is 2.04 bits per heavy atom. The second kappa shape index (κ2) is 21.4. The van der Waals surface area contributed by atoms with Gasteiger partial charge in [-0.05, 0) is 25.2 Å². The topological polar surface area (TPSA) is 26.3 Å². The number of halogens is 1. The molecule has 0 aromatic heterocycles. The number of Topliss-reactive ketones (excluding diaryl/α,β-unsaturated/α-hetero) is 1. The van der Waals surface area contributed by atoms with Crippen LogP contribution in [-0.2, 0) is 9.53 Å². The van der Waals surface area contributed by atoms with Crippen LogP contribution in [0, 0.1) is 5.92 Å². The SMILES string of the molecule is CCCCCCCC(CCCCC)CCOCC(=O)CCCCCCBr. The van der Waals surface area contributed by atoms with E-state index in [0.29, 0.717) is 13.0 Å². The number of rotatable bonds is 21. The Kier molecular flexibility index (Phi) is 21.5. The lowest BCUT2D eigenvalue weighted by atomic mass is 9.92. The predicted octanol–water partition coefficient (Wildman–Crippen LogP) is 7.86. The molecule has 1 unspecified atom stereocenters. The summed E-state index contributed by atoms with van der Waals surface area (Å²) in [5, 5.41) is 1.07. The Hall–Kier alpha value is 0.110. The van der Waals surface area contributed by atoms with Crippen LogP contribution in [0.2, 0.25) is 0 Å². The van der Waals surface area contributed by atoms with Crippen LogP contribution in [0.25, 0.3) is 0 Å². The number of ether oxygens (including phenoxy) is 1. The molecular weight excluding hydrogens is 388 g/mol. The molecule has 0 heterocycles. The summed E-state index contributed by atoms with van der Waals surface area (Å²) in [5.41, 5.74) is 0. The zero-order valence-corrected chi connectivity index (χ0v) is 19.3. The standard InChI is InChI=1S/C23H45BrO2/c1-3-5-7-8-12-16-22(15-11-6-4-2)18-20-26-21-23(25)17-13-9-10-14-19-24/h22H,3-21H2,1-2H3. The van der Waals surface area contributed by atoms with Gasteiger partial charge in [-0.1, -0.05) is 107 Å². The molecule has 0 N–H and O–H groups in total. The molecule has 2 nitrogen and oxygen atoms in total. The van der Waals surface area contributed by atoms with Crippen molar-refractivity contribution >= 4 is 21.7 Å². The smallest absolute Gasteiger partial charge is 0.158 e. The third-order valence-electron chi connectivity index (χ3n) is 5.20. The molecule has 0 saturated carbocycles. The van der Waals surface area contributed by atoms with Crippen molar-refractivity contribution in [1.82, 2.24) is 0 Å². The van der Waals surface area contributed by atoms with Gasteiger partial charge in [-0.15, -0.1) is 0 Å². The summed E-state index contributed by atoms with van der Waals surface area (Å²) in [4.78, 5) is 11.9. The number of hydrogen-bond acceptors (Lipinski definition) is 2. The molecule has 0 aromatic carbocycles. The second-order valence-corrected chi connectivity index (χ2v) is 8.59. The summed E-state index contributed by atoms with van der Waals surface area (Å²) in [5.74, 6) is 1.08.